The molecule has 0 saturated carbocycles. The van der Waals surface area contributed by atoms with Crippen molar-refractivity contribution < 1.29 is 12.8 Å². The van der Waals surface area contributed by atoms with E-state index in [2.05, 4.69) is 4.72 Å². The van der Waals surface area contributed by atoms with Crippen molar-refractivity contribution in [3.05, 3.63) is 35.6 Å². The van der Waals surface area contributed by atoms with Gasteiger partial charge in [0.25, 0.3) is 10.2 Å². The number of hydrogen-bond donors (Lipinski definition) is 1. The summed E-state index contributed by atoms with van der Waals surface area (Å²) in [4.78, 5) is 0. The van der Waals surface area contributed by atoms with E-state index in [1.165, 1.54) is 26.2 Å². The Morgan fingerprint density at radius 1 is 1.33 bits per heavy atom. The lowest BCUT2D eigenvalue weighted by molar-refractivity contribution is 0.503. The highest BCUT2D eigenvalue weighted by atomic mass is 32.2. The Bertz CT molecular complexity index is 431. The molecule has 84 valence electrons. The van der Waals surface area contributed by atoms with Gasteiger partial charge in [0.2, 0.25) is 0 Å². The molecular weight excluding hydrogens is 219 g/mol. The summed E-state index contributed by atoms with van der Waals surface area (Å²) < 4.78 is 39.0. The van der Waals surface area contributed by atoms with Crippen molar-refractivity contribution in [1.29, 1.82) is 0 Å². The van der Waals surface area contributed by atoms with Gasteiger partial charge in [0.05, 0.1) is 0 Å². The van der Waals surface area contributed by atoms with E-state index in [1.54, 1.807) is 12.1 Å². The van der Waals surface area contributed by atoms with Gasteiger partial charge in [-0.05, 0) is 6.07 Å². The fourth-order valence-corrected chi connectivity index (χ4v) is 1.54. The van der Waals surface area contributed by atoms with Crippen molar-refractivity contribution in [1.82, 2.24) is 9.03 Å². The van der Waals surface area contributed by atoms with Crippen LogP contribution in [0.3, 0.4) is 0 Å². The molecule has 0 amide bonds. The standard InChI is InChI=1S/C9H13FN2O2S/c1-12(2)15(13,14)11-7-8-5-3-4-6-9(8)10/h3-6,11H,7H2,1-2H3. The molecule has 0 fully saturated rings. The van der Waals surface area contributed by atoms with E-state index in [0.717, 1.165) is 4.31 Å². The average molecular weight is 232 g/mol. The topological polar surface area (TPSA) is 49.4 Å². The monoisotopic (exact) mass is 232 g/mol. The second-order valence-corrected chi connectivity index (χ2v) is 5.17. The molecule has 0 saturated heterocycles. The lowest BCUT2D eigenvalue weighted by Gasteiger charge is -2.12. The van der Waals surface area contributed by atoms with Crippen LogP contribution < -0.4 is 4.72 Å². The molecule has 0 aliphatic heterocycles. The lowest BCUT2D eigenvalue weighted by atomic mass is 10.2. The highest BCUT2D eigenvalue weighted by Crippen LogP contribution is 2.06. The van der Waals surface area contributed by atoms with E-state index in [0.29, 0.717) is 5.56 Å². The molecule has 0 aromatic heterocycles. The largest absolute Gasteiger partial charge is 0.279 e. The molecule has 4 nitrogen and oxygen atoms in total. The van der Waals surface area contributed by atoms with Crippen molar-refractivity contribution in [2.24, 2.45) is 0 Å². The van der Waals surface area contributed by atoms with E-state index < -0.39 is 16.0 Å². The van der Waals surface area contributed by atoms with Gasteiger partial charge >= 0.3 is 0 Å². The Labute approximate surface area is 88.9 Å². The highest BCUT2D eigenvalue weighted by Gasteiger charge is 2.12. The minimum atomic E-state index is -3.50. The van der Waals surface area contributed by atoms with Crippen LogP contribution in [0, 0.1) is 5.82 Å². The summed E-state index contributed by atoms with van der Waals surface area (Å²) in [5.74, 6) is -0.418. The van der Waals surface area contributed by atoms with E-state index in [1.807, 2.05) is 0 Å². The summed E-state index contributed by atoms with van der Waals surface area (Å²) in [6.45, 7) is -0.0484. The third kappa shape index (κ3) is 3.26. The van der Waals surface area contributed by atoms with Crippen LogP contribution in [0.2, 0.25) is 0 Å². The molecule has 0 heterocycles. The average Bonchev–Trinajstić information content (AvgIpc) is 2.16. The molecule has 15 heavy (non-hydrogen) atoms. The maximum atomic E-state index is 13.1. The minimum absolute atomic E-state index is 0.0484. The molecule has 0 atom stereocenters. The van der Waals surface area contributed by atoms with Crippen molar-refractivity contribution in [3.8, 4) is 0 Å². The predicted molar refractivity (Wildman–Crippen MR) is 55.8 cm³/mol. The molecule has 0 radical (unpaired) electrons. The van der Waals surface area contributed by atoms with Gasteiger partial charge in [-0.1, -0.05) is 18.2 Å². The predicted octanol–water partition coefficient (Wildman–Crippen LogP) is 0.722. The Balaban J connectivity index is 2.70. The smallest absolute Gasteiger partial charge is 0.207 e. The summed E-state index contributed by atoms with van der Waals surface area (Å²) in [6, 6.07) is 6.04. The number of rotatable bonds is 4. The first-order chi connectivity index (χ1) is 6.93. The number of nitrogens with zero attached hydrogens (tertiary/aromatic N) is 1. The number of hydrogen-bond acceptors (Lipinski definition) is 2. The molecule has 0 aliphatic carbocycles. The third-order valence-electron chi connectivity index (χ3n) is 1.88. The van der Waals surface area contributed by atoms with Crippen LogP contribution in [0.15, 0.2) is 24.3 Å². The lowest BCUT2D eigenvalue weighted by Crippen LogP contribution is -2.35. The number of benzene rings is 1. The number of halogens is 1. The molecule has 1 rings (SSSR count). The van der Waals surface area contributed by atoms with Gasteiger partial charge in [0.15, 0.2) is 0 Å². The minimum Gasteiger partial charge on any atom is -0.207 e. The molecule has 6 heteroatoms. The molecule has 1 N–H and O–H groups in total. The Hall–Kier alpha value is -0.980. The molecule has 1 aromatic rings. The second kappa shape index (κ2) is 4.69. The second-order valence-electron chi connectivity index (χ2n) is 3.20. The van der Waals surface area contributed by atoms with Crippen LogP contribution in [0.1, 0.15) is 5.56 Å². The third-order valence-corrected chi connectivity index (χ3v) is 3.35. The summed E-state index contributed by atoms with van der Waals surface area (Å²) in [7, 11) is -0.684. The maximum Gasteiger partial charge on any atom is 0.279 e. The fourth-order valence-electron chi connectivity index (χ4n) is 0.940. The first-order valence-electron chi connectivity index (χ1n) is 4.34. The molecule has 0 bridgehead atoms. The van der Waals surface area contributed by atoms with E-state index >= 15 is 0 Å². The summed E-state index contributed by atoms with van der Waals surface area (Å²) in [5.41, 5.74) is 0.322. The van der Waals surface area contributed by atoms with Crippen molar-refractivity contribution in [2.75, 3.05) is 14.1 Å². The first kappa shape index (κ1) is 12.1. The molecule has 1 aromatic carbocycles. The molecule has 0 spiro atoms. The van der Waals surface area contributed by atoms with Crippen LogP contribution >= 0.6 is 0 Å². The van der Waals surface area contributed by atoms with E-state index in [4.69, 9.17) is 0 Å². The van der Waals surface area contributed by atoms with E-state index in [-0.39, 0.29) is 6.54 Å². The van der Waals surface area contributed by atoms with Gasteiger partial charge in [0.1, 0.15) is 5.82 Å². The maximum absolute atomic E-state index is 13.1. The first-order valence-corrected chi connectivity index (χ1v) is 5.78. The Kier molecular flexibility index (Phi) is 3.78. The normalized spacial score (nSPS) is 12.0. The fraction of sp³-hybridized carbons (Fsp3) is 0.333. The highest BCUT2D eigenvalue weighted by molar-refractivity contribution is 7.87. The van der Waals surface area contributed by atoms with Gasteiger partial charge in [-0.3, -0.25) is 0 Å². The van der Waals surface area contributed by atoms with Gasteiger partial charge < -0.3 is 0 Å². The SMILES string of the molecule is CN(C)S(=O)(=O)NCc1ccccc1F. The van der Waals surface area contributed by atoms with Gasteiger partial charge in [-0.25, -0.2) is 4.39 Å². The summed E-state index contributed by atoms with van der Waals surface area (Å²) in [6.07, 6.45) is 0. The quantitative estimate of drug-likeness (QED) is 0.831. The molecule has 0 unspecified atom stereocenters. The van der Waals surface area contributed by atoms with Crippen molar-refractivity contribution in [3.63, 3.8) is 0 Å². The summed E-state index contributed by atoms with van der Waals surface area (Å²) in [5, 5.41) is 0. The van der Waals surface area contributed by atoms with Crippen molar-refractivity contribution in [2.45, 2.75) is 6.54 Å². The van der Waals surface area contributed by atoms with Gasteiger partial charge in [-0.15, -0.1) is 0 Å². The Morgan fingerprint density at radius 3 is 2.47 bits per heavy atom. The zero-order valence-electron chi connectivity index (χ0n) is 8.57. The molecular formula is C9H13FN2O2S. The van der Waals surface area contributed by atoms with Crippen LogP contribution in [0.25, 0.3) is 0 Å². The van der Waals surface area contributed by atoms with Gasteiger partial charge in [-0.2, -0.15) is 17.4 Å². The van der Waals surface area contributed by atoms with Crippen LogP contribution in [-0.2, 0) is 16.8 Å². The Morgan fingerprint density at radius 2 is 1.93 bits per heavy atom. The van der Waals surface area contributed by atoms with Crippen molar-refractivity contribution >= 4 is 10.2 Å². The van der Waals surface area contributed by atoms with E-state index in [9.17, 15) is 12.8 Å². The van der Waals surface area contributed by atoms with Gasteiger partial charge in [0, 0.05) is 26.2 Å². The number of nitrogens with one attached hydrogen (secondary N) is 1. The van der Waals surface area contributed by atoms with Crippen LogP contribution in [-0.4, -0.2) is 26.8 Å². The van der Waals surface area contributed by atoms with Crippen LogP contribution in [0.4, 0.5) is 4.39 Å². The zero-order valence-corrected chi connectivity index (χ0v) is 9.38. The van der Waals surface area contributed by atoms with Crippen LogP contribution in [0.5, 0.6) is 0 Å². The zero-order chi connectivity index (χ0) is 11.5. The summed E-state index contributed by atoms with van der Waals surface area (Å²) >= 11 is 0. The molecule has 0 aliphatic rings.